The Hall–Kier alpha value is -1.15. The van der Waals surface area contributed by atoms with Gasteiger partial charge in [0.1, 0.15) is 0 Å². The highest BCUT2D eigenvalue weighted by Crippen LogP contribution is 2.34. The minimum absolute atomic E-state index is 0.213. The fourth-order valence-electron chi connectivity index (χ4n) is 2.07. The molecule has 2 nitrogen and oxygen atoms in total. The molecule has 0 radical (unpaired) electrons. The molecule has 1 saturated heterocycles. The molecule has 1 aliphatic heterocycles. The zero-order chi connectivity index (χ0) is 12.5. The predicted octanol–water partition coefficient (Wildman–Crippen LogP) is 3.06. The van der Waals surface area contributed by atoms with E-state index in [-0.39, 0.29) is 11.7 Å². The van der Waals surface area contributed by atoms with Crippen LogP contribution in [0.5, 0.6) is 0 Å². The van der Waals surface area contributed by atoms with Crippen LogP contribution in [0.3, 0.4) is 0 Å². The lowest BCUT2D eigenvalue weighted by Gasteiger charge is -2.18. The highest BCUT2D eigenvalue weighted by Gasteiger charge is 2.49. The van der Waals surface area contributed by atoms with Gasteiger partial charge in [-0.1, -0.05) is 44.2 Å². The molecule has 0 unspecified atom stereocenters. The summed E-state index contributed by atoms with van der Waals surface area (Å²) in [4.78, 5) is 12.2. The van der Waals surface area contributed by atoms with Crippen molar-refractivity contribution in [2.75, 3.05) is 6.61 Å². The molecule has 1 fully saturated rings. The highest BCUT2D eigenvalue weighted by atomic mass is 16.6. The summed E-state index contributed by atoms with van der Waals surface area (Å²) in [5.41, 5.74) is 0.482. The fraction of sp³-hybridized carbons (Fsp3) is 0.533. The quantitative estimate of drug-likeness (QED) is 0.513. The fourth-order valence-corrected chi connectivity index (χ4v) is 2.07. The maximum Gasteiger partial charge on any atom is 0.171 e. The molecule has 0 saturated carbocycles. The normalized spacial score (nSPS) is 37.2. The zero-order valence-corrected chi connectivity index (χ0v) is 10.6. The van der Waals surface area contributed by atoms with Crippen molar-refractivity contribution in [1.82, 2.24) is 0 Å². The van der Waals surface area contributed by atoms with Crippen LogP contribution >= 0.6 is 0 Å². The second-order valence-electron chi connectivity index (χ2n) is 5.34. The maximum absolute atomic E-state index is 12.2. The number of ketones is 1. The molecule has 2 aliphatic rings. The van der Waals surface area contributed by atoms with Crippen LogP contribution < -0.4 is 0 Å². The topological polar surface area (TPSA) is 29.6 Å². The Balaban J connectivity index is 2.21. The summed E-state index contributed by atoms with van der Waals surface area (Å²) in [6.45, 7) is 8.84. The lowest BCUT2D eigenvalue weighted by molar-refractivity contribution is -0.123. The molecule has 0 aromatic heterocycles. The van der Waals surface area contributed by atoms with E-state index in [0.717, 1.165) is 12.0 Å². The van der Waals surface area contributed by atoms with E-state index in [0.29, 0.717) is 18.9 Å². The standard InChI is InChI=1S/C15H20O2/c1-11(2)13-7-6-12(3)5-4-8-15(10-17-15)14(16)9-13/h4,6-8,11,13H,3,5,9-10H2,1-2H3/b7-6+,8-4-/t13-,15-/m0/s1. The Morgan fingerprint density at radius 3 is 2.82 bits per heavy atom. The molecule has 17 heavy (non-hydrogen) atoms. The molecule has 1 spiro atoms. The van der Waals surface area contributed by atoms with E-state index >= 15 is 0 Å². The van der Waals surface area contributed by atoms with Crippen molar-refractivity contribution < 1.29 is 9.53 Å². The van der Waals surface area contributed by atoms with Crippen LogP contribution in [0.25, 0.3) is 0 Å². The molecule has 1 heterocycles. The van der Waals surface area contributed by atoms with Gasteiger partial charge in [0.25, 0.3) is 0 Å². The Kier molecular flexibility index (Phi) is 3.34. The number of hydrogen-bond acceptors (Lipinski definition) is 2. The van der Waals surface area contributed by atoms with E-state index in [2.05, 4.69) is 26.5 Å². The van der Waals surface area contributed by atoms with Crippen molar-refractivity contribution >= 4 is 5.78 Å². The largest absolute Gasteiger partial charge is 0.357 e. The summed E-state index contributed by atoms with van der Waals surface area (Å²) in [5.74, 6) is 0.957. The number of carbonyl (C=O) groups excluding carboxylic acids is 1. The Morgan fingerprint density at radius 1 is 1.53 bits per heavy atom. The molecule has 0 N–H and O–H groups in total. The third-order valence-corrected chi connectivity index (χ3v) is 3.55. The average Bonchev–Trinajstić information content (AvgIpc) is 3.03. The van der Waals surface area contributed by atoms with Crippen molar-refractivity contribution in [1.29, 1.82) is 0 Å². The molecule has 1 aliphatic carbocycles. The number of epoxide rings is 1. The van der Waals surface area contributed by atoms with E-state index in [1.165, 1.54) is 0 Å². The summed E-state index contributed by atoms with van der Waals surface area (Å²) < 4.78 is 5.35. The van der Waals surface area contributed by atoms with Gasteiger partial charge >= 0.3 is 0 Å². The van der Waals surface area contributed by atoms with Gasteiger partial charge in [0.15, 0.2) is 11.4 Å². The van der Waals surface area contributed by atoms with Crippen molar-refractivity contribution in [3.05, 3.63) is 36.5 Å². The number of rotatable bonds is 1. The molecule has 2 rings (SSSR count). The molecule has 92 valence electrons. The molecule has 2 heteroatoms. The highest BCUT2D eigenvalue weighted by molar-refractivity contribution is 5.92. The van der Waals surface area contributed by atoms with Crippen molar-refractivity contribution in [2.24, 2.45) is 11.8 Å². The van der Waals surface area contributed by atoms with Crippen LogP contribution in [-0.4, -0.2) is 18.0 Å². The van der Waals surface area contributed by atoms with Crippen LogP contribution in [0.15, 0.2) is 36.5 Å². The number of hydrogen-bond donors (Lipinski definition) is 0. The Bertz CT molecular complexity index is 384. The van der Waals surface area contributed by atoms with E-state index < -0.39 is 5.60 Å². The molecular weight excluding hydrogens is 212 g/mol. The monoisotopic (exact) mass is 232 g/mol. The predicted molar refractivity (Wildman–Crippen MR) is 68.7 cm³/mol. The SMILES string of the molecule is C=C1/C=C/[C@H](C(C)C)CC(=O)[C@]2(/C=C\C1)CO2. The van der Waals surface area contributed by atoms with Gasteiger partial charge in [-0.05, 0) is 24.3 Å². The minimum atomic E-state index is -0.599. The van der Waals surface area contributed by atoms with Crippen LogP contribution in [-0.2, 0) is 9.53 Å². The van der Waals surface area contributed by atoms with Crippen molar-refractivity contribution in [3.63, 3.8) is 0 Å². The van der Waals surface area contributed by atoms with Crippen LogP contribution in [0.1, 0.15) is 26.7 Å². The third kappa shape index (κ3) is 2.75. The first kappa shape index (κ1) is 12.3. The number of ether oxygens (including phenoxy) is 1. The van der Waals surface area contributed by atoms with Gasteiger partial charge in [-0.3, -0.25) is 4.79 Å². The Morgan fingerprint density at radius 2 is 2.24 bits per heavy atom. The number of allylic oxidation sites excluding steroid dienone is 4. The van der Waals surface area contributed by atoms with Crippen LogP contribution in [0.4, 0.5) is 0 Å². The molecule has 0 aromatic carbocycles. The van der Waals surface area contributed by atoms with Gasteiger partial charge < -0.3 is 4.74 Å². The zero-order valence-electron chi connectivity index (χ0n) is 10.6. The van der Waals surface area contributed by atoms with Crippen LogP contribution in [0.2, 0.25) is 0 Å². The van der Waals surface area contributed by atoms with E-state index in [1.807, 2.05) is 18.2 Å². The van der Waals surface area contributed by atoms with Gasteiger partial charge in [0, 0.05) is 6.42 Å². The van der Waals surface area contributed by atoms with E-state index in [1.54, 1.807) is 0 Å². The molecule has 0 amide bonds. The van der Waals surface area contributed by atoms with Crippen molar-refractivity contribution in [3.8, 4) is 0 Å². The lowest BCUT2D eigenvalue weighted by atomic mass is 9.85. The van der Waals surface area contributed by atoms with Gasteiger partial charge in [0.05, 0.1) is 6.61 Å². The van der Waals surface area contributed by atoms with Crippen molar-refractivity contribution in [2.45, 2.75) is 32.3 Å². The summed E-state index contributed by atoms with van der Waals surface area (Å²) in [5, 5.41) is 0. The van der Waals surface area contributed by atoms with Gasteiger partial charge in [-0.15, -0.1) is 0 Å². The number of Topliss-reactive ketones (excluding diaryl/α,β-unsaturated/α-hetero) is 1. The second-order valence-corrected chi connectivity index (χ2v) is 5.34. The summed E-state index contributed by atoms with van der Waals surface area (Å²) >= 11 is 0. The molecule has 0 aromatic rings. The average molecular weight is 232 g/mol. The first-order valence-electron chi connectivity index (χ1n) is 6.24. The lowest BCUT2D eigenvalue weighted by Crippen LogP contribution is -2.26. The molecule has 0 bridgehead atoms. The van der Waals surface area contributed by atoms with Gasteiger partial charge in [-0.25, -0.2) is 0 Å². The minimum Gasteiger partial charge on any atom is -0.357 e. The summed E-state index contributed by atoms with van der Waals surface area (Å²) in [6.07, 6.45) is 9.43. The summed E-state index contributed by atoms with van der Waals surface area (Å²) in [6, 6.07) is 0. The van der Waals surface area contributed by atoms with Crippen LogP contribution in [0, 0.1) is 11.8 Å². The Labute approximate surface area is 103 Å². The van der Waals surface area contributed by atoms with Gasteiger partial charge in [0.2, 0.25) is 0 Å². The van der Waals surface area contributed by atoms with E-state index in [4.69, 9.17) is 4.74 Å². The maximum atomic E-state index is 12.2. The smallest absolute Gasteiger partial charge is 0.171 e. The molecule has 2 atom stereocenters. The number of carbonyl (C=O) groups is 1. The first-order chi connectivity index (χ1) is 8.03. The van der Waals surface area contributed by atoms with E-state index in [9.17, 15) is 4.79 Å². The summed E-state index contributed by atoms with van der Waals surface area (Å²) in [7, 11) is 0. The second kappa shape index (κ2) is 4.61. The molecular formula is C15H20O2. The first-order valence-corrected chi connectivity index (χ1v) is 6.24. The van der Waals surface area contributed by atoms with Gasteiger partial charge in [-0.2, -0.15) is 0 Å². The third-order valence-electron chi connectivity index (χ3n) is 3.55.